The monoisotopic (exact) mass is 225 g/mol. The predicted octanol–water partition coefficient (Wildman–Crippen LogP) is 2.83. The van der Waals surface area contributed by atoms with Gasteiger partial charge in [-0.15, -0.1) is 0 Å². The summed E-state index contributed by atoms with van der Waals surface area (Å²) < 4.78 is 5.51. The van der Waals surface area contributed by atoms with Crippen molar-refractivity contribution < 1.29 is 4.74 Å². The molecule has 1 N–H and O–H groups in total. The molecule has 2 heteroatoms. The van der Waals surface area contributed by atoms with Gasteiger partial charge in [-0.05, 0) is 62.4 Å². The molecular weight excluding hydrogens is 198 g/mol. The molecule has 2 rings (SSSR count). The molecule has 0 aromatic rings. The molecule has 1 saturated heterocycles. The number of nitrogens with one attached hydrogen (secondary N) is 1. The molecule has 1 aliphatic heterocycles. The number of piperidine rings is 1. The Morgan fingerprint density at radius 1 is 1.19 bits per heavy atom. The lowest BCUT2D eigenvalue weighted by Crippen LogP contribution is -2.49. The third-order valence-electron chi connectivity index (χ3n) is 5.02. The summed E-state index contributed by atoms with van der Waals surface area (Å²) >= 11 is 0. The standard InChI is InChI=1S/C14H27NO/c1-11(2)13-10-15-9-8-14(13)6-4-12(16-3)5-7-14/h11-13,15H,4-10H2,1-3H3. The highest BCUT2D eigenvalue weighted by Gasteiger charge is 2.44. The SMILES string of the molecule is COC1CCC2(CCNCC2C(C)C)CC1. The summed E-state index contributed by atoms with van der Waals surface area (Å²) in [7, 11) is 1.87. The lowest BCUT2D eigenvalue weighted by molar-refractivity contribution is -0.0268. The minimum Gasteiger partial charge on any atom is -0.381 e. The van der Waals surface area contributed by atoms with E-state index < -0.39 is 0 Å². The molecular formula is C14H27NO. The van der Waals surface area contributed by atoms with E-state index in [4.69, 9.17) is 4.74 Å². The second kappa shape index (κ2) is 5.05. The summed E-state index contributed by atoms with van der Waals surface area (Å²) in [5.74, 6) is 1.69. The van der Waals surface area contributed by atoms with Crippen LogP contribution in [0.2, 0.25) is 0 Å². The summed E-state index contributed by atoms with van der Waals surface area (Å²) in [4.78, 5) is 0. The minimum atomic E-state index is 0.535. The quantitative estimate of drug-likeness (QED) is 0.780. The number of rotatable bonds is 2. The maximum Gasteiger partial charge on any atom is 0.0571 e. The zero-order valence-corrected chi connectivity index (χ0v) is 11.1. The van der Waals surface area contributed by atoms with Gasteiger partial charge in [-0.3, -0.25) is 0 Å². The van der Waals surface area contributed by atoms with Gasteiger partial charge in [0.15, 0.2) is 0 Å². The van der Waals surface area contributed by atoms with Crippen molar-refractivity contribution in [1.82, 2.24) is 5.32 Å². The molecule has 1 saturated carbocycles. The predicted molar refractivity (Wildman–Crippen MR) is 67.5 cm³/mol. The van der Waals surface area contributed by atoms with E-state index in [0.717, 1.165) is 11.8 Å². The van der Waals surface area contributed by atoms with E-state index in [-0.39, 0.29) is 0 Å². The van der Waals surface area contributed by atoms with E-state index in [0.29, 0.717) is 11.5 Å². The molecule has 2 nitrogen and oxygen atoms in total. The van der Waals surface area contributed by atoms with Crippen molar-refractivity contribution in [2.24, 2.45) is 17.3 Å². The van der Waals surface area contributed by atoms with Crippen molar-refractivity contribution in [2.75, 3.05) is 20.2 Å². The third-order valence-corrected chi connectivity index (χ3v) is 5.02. The molecule has 2 aliphatic rings. The van der Waals surface area contributed by atoms with E-state index in [1.807, 2.05) is 7.11 Å². The Bertz CT molecular complexity index is 219. The second-order valence-electron chi connectivity index (χ2n) is 6.10. The van der Waals surface area contributed by atoms with Gasteiger partial charge in [0.2, 0.25) is 0 Å². The van der Waals surface area contributed by atoms with Gasteiger partial charge < -0.3 is 10.1 Å². The van der Waals surface area contributed by atoms with Crippen molar-refractivity contribution in [3.63, 3.8) is 0 Å². The first kappa shape index (κ1) is 12.4. The van der Waals surface area contributed by atoms with Crippen LogP contribution < -0.4 is 5.32 Å². The Morgan fingerprint density at radius 2 is 1.88 bits per heavy atom. The molecule has 2 fully saturated rings. The number of hydrogen-bond acceptors (Lipinski definition) is 2. The maximum absolute atomic E-state index is 5.51. The summed E-state index contributed by atoms with van der Waals surface area (Å²) in [6.45, 7) is 7.24. The molecule has 16 heavy (non-hydrogen) atoms. The van der Waals surface area contributed by atoms with Gasteiger partial charge in [0.05, 0.1) is 6.10 Å². The summed E-state index contributed by atoms with van der Waals surface area (Å²) in [6.07, 6.45) is 7.24. The molecule has 1 unspecified atom stereocenters. The molecule has 0 radical (unpaired) electrons. The highest BCUT2D eigenvalue weighted by molar-refractivity contribution is 4.96. The van der Waals surface area contributed by atoms with Gasteiger partial charge in [-0.25, -0.2) is 0 Å². The minimum absolute atomic E-state index is 0.535. The lowest BCUT2D eigenvalue weighted by Gasteiger charge is -2.50. The molecule has 0 aromatic carbocycles. The molecule has 0 amide bonds. The van der Waals surface area contributed by atoms with Crippen LogP contribution in [-0.2, 0) is 4.74 Å². The average Bonchev–Trinajstić information content (AvgIpc) is 2.30. The topological polar surface area (TPSA) is 21.3 Å². The summed E-state index contributed by atoms with van der Waals surface area (Å²) in [6, 6.07) is 0. The number of hydrogen-bond donors (Lipinski definition) is 1. The highest BCUT2D eigenvalue weighted by atomic mass is 16.5. The average molecular weight is 225 g/mol. The van der Waals surface area contributed by atoms with E-state index >= 15 is 0 Å². The van der Waals surface area contributed by atoms with Crippen LogP contribution in [0, 0.1) is 17.3 Å². The highest BCUT2D eigenvalue weighted by Crippen LogP contribution is 2.49. The molecule has 94 valence electrons. The Kier molecular flexibility index (Phi) is 3.91. The second-order valence-corrected chi connectivity index (χ2v) is 6.10. The van der Waals surface area contributed by atoms with Gasteiger partial charge >= 0.3 is 0 Å². The first-order chi connectivity index (χ1) is 7.68. The van der Waals surface area contributed by atoms with Gasteiger partial charge in [0, 0.05) is 7.11 Å². The number of ether oxygens (including phenoxy) is 1. The van der Waals surface area contributed by atoms with Crippen LogP contribution in [-0.4, -0.2) is 26.3 Å². The van der Waals surface area contributed by atoms with Crippen LogP contribution in [0.4, 0.5) is 0 Å². The van der Waals surface area contributed by atoms with Crippen molar-refractivity contribution >= 4 is 0 Å². The fraction of sp³-hybridized carbons (Fsp3) is 1.00. The Morgan fingerprint density at radius 3 is 2.44 bits per heavy atom. The summed E-state index contributed by atoms with van der Waals surface area (Å²) in [5.41, 5.74) is 0.633. The van der Waals surface area contributed by atoms with Crippen molar-refractivity contribution in [1.29, 1.82) is 0 Å². The van der Waals surface area contributed by atoms with Crippen LogP contribution in [0.1, 0.15) is 46.0 Å². The molecule has 0 bridgehead atoms. The van der Waals surface area contributed by atoms with E-state index in [1.165, 1.54) is 45.2 Å². The molecule has 1 atom stereocenters. The zero-order chi connectivity index (χ0) is 11.6. The fourth-order valence-corrected chi connectivity index (χ4v) is 3.96. The molecule has 0 aromatic heterocycles. The largest absolute Gasteiger partial charge is 0.381 e. The van der Waals surface area contributed by atoms with Crippen LogP contribution in [0.15, 0.2) is 0 Å². The van der Waals surface area contributed by atoms with E-state index in [2.05, 4.69) is 19.2 Å². The van der Waals surface area contributed by atoms with Gasteiger partial charge in [-0.2, -0.15) is 0 Å². The first-order valence-electron chi connectivity index (χ1n) is 6.91. The fourth-order valence-electron chi connectivity index (χ4n) is 3.96. The Balaban J connectivity index is 2.04. The Labute approximate surface area is 100 Å². The van der Waals surface area contributed by atoms with Gasteiger partial charge in [0.25, 0.3) is 0 Å². The molecule has 1 spiro atoms. The van der Waals surface area contributed by atoms with Crippen LogP contribution in [0.3, 0.4) is 0 Å². The third kappa shape index (κ3) is 2.28. The van der Waals surface area contributed by atoms with Crippen molar-refractivity contribution in [2.45, 2.75) is 52.1 Å². The van der Waals surface area contributed by atoms with Gasteiger partial charge in [-0.1, -0.05) is 13.8 Å². The van der Waals surface area contributed by atoms with Crippen LogP contribution in [0.25, 0.3) is 0 Å². The lowest BCUT2D eigenvalue weighted by atomic mass is 9.59. The van der Waals surface area contributed by atoms with E-state index in [9.17, 15) is 0 Å². The van der Waals surface area contributed by atoms with Crippen molar-refractivity contribution in [3.05, 3.63) is 0 Å². The van der Waals surface area contributed by atoms with Crippen LogP contribution in [0.5, 0.6) is 0 Å². The van der Waals surface area contributed by atoms with E-state index in [1.54, 1.807) is 0 Å². The normalized spacial score (nSPS) is 40.5. The summed E-state index contributed by atoms with van der Waals surface area (Å²) in [5, 5.41) is 3.58. The van der Waals surface area contributed by atoms with Crippen LogP contribution >= 0.6 is 0 Å². The molecule has 1 heterocycles. The smallest absolute Gasteiger partial charge is 0.0571 e. The first-order valence-corrected chi connectivity index (χ1v) is 6.91. The number of methoxy groups -OCH3 is 1. The van der Waals surface area contributed by atoms with Crippen molar-refractivity contribution in [3.8, 4) is 0 Å². The zero-order valence-electron chi connectivity index (χ0n) is 11.1. The maximum atomic E-state index is 5.51. The Hall–Kier alpha value is -0.0800. The molecule has 1 aliphatic carbocycles. The van der Waals surface area contributed by atoms with Gasteiger partial charge in [0.1, 0.15) is 0 Å².